The summed E-state index contributed by atoms with van der Waals surface area (Å²) in [5.41, 5.74) is 1.42. The van der Waals surface area contributed by atoms with Crippen molar-refractivity contribution < 1.29 is 9.59 Å². The quantitative estimate of drug-likeness (QED) is 0.504. The van der Waals surface area contributed by atoms with E-state index in [0.29, 0.717) is 10.9 Å². The number of rotatable bonds is 3. The number of carbonyl (C=O) groups excluding carboxylic acids is 2. The minimum Gasteiger partial charge on any atom is -0.325 e. The highest BCUT2D eigenvalue weighted by atomic mass is 32.2. The molecule has 0 spiro atoms. The molecule has 0 bridgehead atoms. The van der Waals surface area contributed by atoms with E-state index in [1.165, 1.54) is 0 Å². The number of para-hydroxylation sites is 1. The molecule has 1 aromatic rings. The van der Waals surface area contributed by atoms with Gasteiger partial charge in [0, 0.05) is 11.4 Å². The summed E-state index contributed by atoms with van der Waals surface area (Å²) in [7, 11) is 0. The van der Waals surface area contributed by atoms with Crippen molar-refractivity contribution in [2.24, 2.45) is 10.2 Å². The first-order valence-electron chi connectivity index (χ1n) is 5.98. The molecular weight excluding hydrogens is 276 g/mol. The second-order valence-electron chi connectivity index (χ2n) is 4.29. The summed E-state index contributed by atoms with van der Waals surface area (Å²) in [6.07, 6.45) is 0. The van der Waals surface area contributed by atoms with E-state index in [2.05, 4.69) is 20.8 Å². The lowest BCUT2D eigenvalue weighted by atomic mass is 10.3. The third-order valence-electron chi connectivity index (χ3n) is 2.32. The third kappa shape index (κ3) is 3.67. The van der Waals surface area contributed by atoms with Crippen LogP contribution < -0.4 is 10.6 Å². The van der Waals surface area contributed by atoms with Crippen LogP contribution in [-0.4, -0.2) is 27.9 Å². The summed E-state index contributed by atoms with van der Waals surface area (Å²) in [6.45, 7) is 3.59. The molecule has 20 heavy (non-hydrogen) atoms. The highest BCUT2D eigenvalue weighted by Gasteiger charge is 2.36. The molecule has 1 fully saturated rings. The van der Waals surface area contributed by atoms with Crippen molar-refractivity contribution in [2.75, 3.05) is 5.32 Å². The Morgan fingerprint density at radius 1 is 1.30 bits per heavy atom. The molecular formula is C13H14N4O2S. The van der Waals surface area contributed by atoms with E-state index in [1.807, 2.05) is 18.2 Å². The topological polar surface area (TPSA) is 82.9 Å². The van der Waals surface area contributed by atoms with E-state index >= 15 is 0 Å². The second kappa shape index (κ2) is 6.33. The fourth-order valence-electron chi connectivity index (χ4n) is 1.46. The zero-order valence-electron chi connectivity index (χ0n) is 11.1. The van der Waals surface area contributed by atoms with E-state index in [9.17, 15) is 9.59 Å². The van der Waals surface area contributed by atoms with Crippen LogP contribution >= 0.6 is 11.8 Å². The summed E-state index contributed by atoms with van der Waals surface area (Å²) in [4.78, 5) is 23.8. The molecule has 1 saturated heterocycles. The van der Waals surface area contributed by atoms with Gasteiger partial charge in [-0.3, -0.25) is 9.59 Å². The van der Waals surface area contributed by atoms with Gasteiger partial charge in [0.15, 0.2) is 10.4 Å². The van der Waals surface area contributed by atoms with E-state index in [1.54, 1.807) is 26.0 Å². The number of thioether (sulfide) groups is 1. The fraction of sp³-hybridized carbons (Fsp3) is 0.231. The minimum absolute atomic E-state index is 0.337. The molecule has 2 amide bonds. The van der Waals surface area contributed by atoms with Gasteiger partial charge in [0.2, 0.25) is 11.8 Å². The number of hydrogen-bond acceptors (Lipinski definition) is 5. The lowest BCUT2D eigenvalue weighted by Crippen LogP contribution is -2.33. The van der Waals surface area contributed by atoms with Crippen molar-refractivity contribution in [2.45, 2.75) is 19.1 Å². The van der Waals surface area contributed by atoms with E-state index in [4.69, 9.17) is 0 Å². The standard InChI is InChI=1S/C13H14N4O2S/c1-8(2)16-17-13-15-12(19)10(20-13)11(18)14-9-6-4-3-5-7-9/h3-7,10H,1-2H3,(H,14,18)(H,15,17,19). The van der Waals surface area contributed by atoms with Crippen LogP contribution in [0.4, 0.5) is 5.69 Å². The van der Waals surface area contributed by atoms with Gasteiger partial charge in [0.1, 0.15) is 0 Å². The van der Waals surface area contributed by atoms with Gasteiger partial charge in [-0.05, 0) is 26.0 Å². The molecule has 0 aromatic heterocycles. The molecule has 1 aliphatic rings. The van der Waals surface area contributed by atoms with Crippen LogP contribution in [0.2, 0.25) is 0 Å². The normalized spacial score (nSPS) is 19.6. The van der Waals surface area contributed by atoms with E-state index < -0.39 is 5.25 Å². The smallest absolute Gasteiger partial charge is 0.249 e. The van der Waals surface area contributed by atoms with Crippen LogP contribution in [0.5, 0.6) is 0 Å². The molecule has 6 nitrogen and oxygen atoms in total. The largest absolute Gasteiger partial charge is 0.325 e. The summed E-state index contributed by atoms with van der Waals surface area (Å²) < 4.78 is 0. The van der Waals surface area contributed by atoms with Gasteiger partial charge in [-0.1, -0.05) is 30.0 Å². The third-order valence-corrected chi connectivity index (χ3v) is 3.39. The predicted molar refractivity (Wildman–Crippen MR) is 80.8 cm³/mol. The number of anilines is 1. The van der Waals surface area contributed by atoms with Gasteiger partial charge in [-0.15, -0.1) is 5.10 Å². The van der Waals surface area contributed by atoms with Crippen molar-refractivity contribution >= 4 is 40.1 Å². The maximum atomic E-state index is 12.0. The molecule has 0 radical (unpaired) electrons. The van der Waals surface area contributed by atoms with Gasteiger partial charge in [0.05, 0.1) is 0 Å². The average molecular weight is 290 g/mol. The van der Waals surface area contributed by atoms with Crippen LogP contribution in [0.15, 0.2) is 40.5 Å². The lowest BCUT2D eigenvalue weighted by molar-refractivity contribution is -0.124. The molecule has 7 heteroatoms. The Morgan fingerprint density at radius 2 is 2.00 bits per heavy atom. The molecule has 0 saturated carbocycles. The number of benzene rings is 1. The Kier molecular flexibility index (Phi) is 4.52. The summed E-state index contributed by atoms with van der Waals surface area (Å²) in [5.74, 6) is -0.757. The zero-order valence-corrected chi connectivity index (χ0v) is 11.9. The Morgan fingerprint density at radius 3 is 2.65 bits per heavy atom. The maximum absolute atomic E-state index is 12.0. The maximum Gasteiger partial charge on any atom is 0.249 e. The molecule has 1 unspecified atom stereocenters. The molecule has 2 rings (SSSR count). The first kappa shape index (κ1) is 14.3. The van der Waals surface area contributed by atoms with Crippen LogP contribution in [-0.2, 0) is 9.59 Å². The van der Waals surface area contributed by atoms with Crippen molar-refractivity contribution in [3.63, 3.8) is 0 Å². The Labute approximate surface area is 120 Å². The Bertz CT molecular complexity index is 579. The Balaban J connectivity index is 2.03. The molecule has 104 valence electrons. The molecule has 1 aliphatic heterocycles. The predicted octanol–water partition coefficient (Wildman–Crippen LogP) is 1.61. The number of nitrogens with zero attached hydrogens (tertiary/aromatic N) is 2. The van der Waals surface area contributed by atoms with Gasteiger partial charge in [0.25, 0.3) is 0 Å². The van der Waals surface area contributed by atoms with Crippen LogP contribution in [0, 0.1) is 0 Å². The van der Waals surface area contributed by atoms with Crippen molar-refractivity contribution in [1.82, 2.24) is 5.32 Å². The molecule has 2 N–H and O–H groups in total. The number of carbonyl (C=O) groups is 2. The molecule has 0 aliphatic carbocycles. The minimum atomic E-state index is -0.846. The average Bonchev–Trinajstić information content (AvgIpc) is 2.79. The number of hydrogen-bond donors (Lipinski definition) is 2. The van der Waals surface area contributed by atoms with E-state index in [-0.39, 0.29) is 11.8 Å². The second-order valence-corrected chi connectivity index (χ2v) is 5.39. The fourth-order valence-corrected chi connectivity index (χ4v) is 2.26. The molecule has 1 aromatic carbocycles. The lowest BCUT2D eigenvalue weighted by Gasteiger charge is -2.07. The van der Waals surface area contributed by atoms with E-state index in [0.717, 1.165) is 17.5 Å². The monoisotopic (exact) mass is 290 g/mol. The van der Waals surface area contributed by atoms with Gasteiger partial charge in [-0.25, -0.2) is 0 Å². The number of amidine groups is 1. The first-order valence-corrected chi connectivity index (χ1v) is 6.86. The SMILES string of the molecule is CC(C)=N/N=C1/NC(=O)C(C(=O)Nc2ccccc2)S1. The summed E-state index contributed by atoms with van der Waals surface area (Å²) in [5, 5.41) is 12.4. The van der Waals surface area contributed by atoms with Crippen LogP contribution in [0.3, 0.4) is 0 Å². The summed E-state index contributed by atoms with van der Waals surface area (Å²) >= 11 is 1.06. The zero-order chi connectivity index (χ0) is 14.5. The first-order chi connectivity index (χ1) is 9.56. The van der Waals surface area contributed by atoms with Crippen molar-refractivity contribution in [1.29, 1.82) is 0 Å². The highest BCUT2D eigenvalue weighted by molar-refractivity contribution is 8.16. The van der Waals surface area contributed by atoms with Crippen molar-refractivity contribution in [3.05, 3.63) is 30.3 Å². The van der Waals surface area contributed by atoms with Crippen molar-refractivity contribution in [3.8, 4) is 0 Å². The molecule has 1 atom stereocenters. The highest BCUT2D eigenvalue weighted by Crippen LogP contribution is 2.21. The van der Waals surface area contributed by atoms with Gasteiger partial charge < -0.3 is 10.6 Å². The van der Waals surface area contributed by atoms with Crippen LogP contribution in [0.1, 0.15) is 13.8 Å². The number of nitrogens with one attached hydrogen (secondary N) is 2. The molecule has 1 heterocycles. The van der Waals surface area contributed by atoms with Gasteiger partial charge in [-0.2, -0.15) is 5.10 Å². The van der Waals surface area contributed by atoms with Gasteiger partial charge >= 0.3 is 0 Å². The summed E-state index contributed by atoms with van der Waals surface area (Å²) in [6, 6.07) is 8.99. The van der Waals surface area contributed by atoms with Crippen LogP contribution in [0.25, 0.3) is 0 Å². The Hall–Kier alpha value is -2.15. The number of amides is 2.